The SMILES string of the molecule is COCC(C)Nc1nc(C)cn1C(C)c1nc(C)cs1. The van der Waals surface area contributed by atoms with Crippen molar-refractivity contribution in [1.29, 1.82) is 0 Å². The number of nitrogens with one attached hydrogen (secondary N) is 1. The Morgan fingerprint density at radius 2 is 2.05 bits per heavy atom. The highest BCUT2D eigenvalue weighted by Gasteiger charge is 2.17. The highest BCUT2D eigenvalue weighted by Crippen LogP contribution is 2.25. The fourth-order valence-electron chi connectivity index (χ4n) is 2.11. The van der Waals surface area contributed by atoms with Crippen molar-refractivity contribution in [3.63, 3.8) is 0 Å². The van der Waals surface area contributed by atoms with Gasteiger partial charge in [0.1, 0.15) is 5.01 Å². The normalized spacial score (nSPS) is 14.2. The lowest BCUT2D eigenvalue weighted by Crippen LogP contribution is -2.24. The van der Waals surface area contributed by atoms with Crippen LogP contribution in [0.2, 0.25) is 0 Å². The summed E-state index contributed by atoms with van der Waals surface area (Å²) < 4.78 is 7.30. The van der Waals surface area contributed by atoms with E-state index < -0.39 is 0 Å². The van der Waals surface area contributed by atoms with Crippen molar-refractivity contribution in [2.24, 2.45) is 0 Å². The summed E-state index contributed by atoms with van der Waals surface area (Å²) in [6, 6.07) is 0.387. The Bertz CT molecular complexity index is 563. The third-order valence-electron chi connectivity index (χ3n) is 3.06. The predicted octanol–water partition coefficient (Wildman–Crippen LogP) is 3.01. The van der Waals surface area contributed by atoms with Gasteiger partial charge in [0.2, 0.25) is 5.95 Å². The average molecular weight is 294 g/mol. The number of aryl methyl sites for hydroxylation is 2. The smallest absolute Gasteiger partial charge is 0.203 e. The number of aromatic nitrogens is 3. The number of methoxy groups -OCH3 is 1. The molecule has 0 aliphatic heterocycles. The Morgan fingerprint density at radius 3 is 2.65 bits per heavy atom. The van der Waals surface area contributed by atoms with Crippen molar-refractivity contribution >= 4 is 17.3 Å². The largest absolute Gasteiger partial charge is 0.383 e. The predicted molar refractivity (Wildman–Crippen MR) is 82.6 cm³/mol. The second-order valence-corrected chi connectivity index (χ2v) is 6.01. The summed E-state index contributed by atoms with van der Waals surface area (Å²) >= 11 is 1.69. The van der Waals surface area contributed by atoms with Crippen molar-refractivity contribution in [3.8, 4) is 0 Å². The summed E-state index contributed by atoms with van der Waals surface area (Å²) in [5, 5.41) is 6.57. The number of hydrogen-bond acceptors (Lipinski definition) is 5. The summed E-state index contributed by atoms with van der Waals surface area (Å²) in [6.07, 6.45) is 2.06. The van der Waals surface area contributed by atoms with E-state index in [2.05, 4.69) is 45.3 Å². The zero-order valence-electron chi connectivity index (χ0n) is 12.7. The van der Waals surface area contributed by atoms with Gasteiger partial charge >= 0.3 is 0 Å². The van der Waals surface area contributed by atoms with Crippen LogP contribution in [0.5, 0.6) is 0 Å². The third-order valence-corrected chi connectivity index (χ3v) is 4.19. The minimum atomic E-state index is 0.173. The van der Waals surface area contributed by atoms with E-state index in [0.29, 0.717) is 6.61 Å². The van der Waals surface area contributed by atoms with Gasteiger partial charge in [-0.2, -0.15) is 0 Å². The quantitative estimate of drug-likeness (QED) is 0.890. The maximum atomic E-state index is 5.16. The van der Waals surface area contributed by atoms with E-state index in [4.69, 9.17) is 4.74 Å². The highest BCUT2D eigenvalue weighted by molar-refractivity contribution is 7.09. The molecule has 0 spiro atoms. The number of anilines is 1. The van der Waals surface area contributed by atoms with E-state index >= 15 is 0 Å². The minimum Gasteiger partial charge on any atom is -0.383 e. The van der Waals surface area contributed by atoms with E-state index in [1.165, 1.54) is 0 Å². The summed E-state index contributed by atoms with van der Waals surface area (Å²) in [6.45, 7) is 8.90. The third kappa shape index (κ3) is 3.37. The van der Waals surface area contributed by atoms with Crippen LogP contribution >= 0.6 is 11.3 Å². The summed E-state index contributed by atoms with van der Waals surface area (Å²) in [5.74, 6) is 0.868. The van der Waals surface area contributed by atoms with Crippen LogP contribution in [-0.2, 0) is 4.74 Å². The molecule has 0 aliphatic rings. The zero-order chi connectivity index (χ0) is 14.7. The van der Waals surface area contributed by atoms with E-state index in [1.54, 1.807) is 18.4 Å². The van der Waals surface area contributed by atoms with Crippen molar-refractivity contribution < 1.29 is 4.74 Å². The molecule has 0 aromatic carbocycles. The van der Waals surface area contributed by atoms with Gasteiger partial charge in [0.25, 0.3) is 0 Å². The van der Waals surface area contributed by atoms with Crippen LogP contribution in [0.4, 0.5) is 5.95 Å². The van der Waals surface area contributed by atoms with Gasteiger partial charge in [-0.25, -0.2) is 9.97 Å². The molecule has 2 atom stereocenters. The highest BCUT2D eigenvalue weighted by atomic mass is 32.1. The van der Waals surface area contributed by atoms with Gasteiger partial charge in [-0.15, -0.1) is 11.3 Å². The van der Waals surface area contributed by atoms with Crippen LogP contribution in [0.15, 0.2) is 11.6 Å². The molecule has 110 valence electrons. The van der Waals surface area contributed by atoms with Crippen molar-refractivity contribution in [2.45, 2.75) is 39.8 Å². The molecule has 1 N–H and O–H groups in total. The lowest BCUT2D eigenvalue weighted by Gasteiger charge is -2.18. The summed E-state index contributed by atoms with van der Waals surface area (Å²) in [7, 11) is 1.71. The molecule has 0 radical (unpaired) electrons. The molecule has 20 heavy (non-hydrogen) atoms. The summed E-state index contributed by atoms with van der Waals surface area (Å²) in [5.41, 5.74) is 2.06. The molecule has 6 heteroatoms. The van der Waals surface area contributed by atoms with Crippen molar-refractivity contribution in [1.82, 2.24) is 14.5 Å². The number of rotatable bonds is 6. The summed E-state index contributed by atoms with van der Waals surface area (Å²) in [4.78, 5) is 9.13. The van der Waals surface area contributed by atoms with E-state index in [9.17, 15) is 0 Å². The van der Waals surface area contributed by atoms with Gasteiger partial charge in [0.05, 0.1) is 18.3 Å². The first-order valence-electron chi connectivity index (χ1n) is 6.74. The van der Waals surface area contributed by atoms with Crippen LogP contribution in [-0.4, -0.2) is 34.3 Å². The Kier molecular flexibility index (Phi) is 4.77. The van der Waals surface area contributed by atoms with Crippen molar-refractivity contribution in [2.75, 3.05) is 19.0 Å². The van der Waals surface area contributed by atoms with E-state index in [0.717, 1.165) is 22.3 Å². The number of thiazole rings is 1. The maximum absolute atomic E-state index is 5.16. The number of ether oxygens (including phenoxy) is 1. The van der Waals surface area contributed by atoms with Crippen LogP contribution < -0.4 is 5.32 Å². The molecule has 0 bridgehead atoms. The molecule has 2 rings (SSSR count). The first-order chi connectivity index (χ1) is 9.51. The van der Waals surface area contributed by atoms with Crippen LogP contribution in [0, 0.1) is 13.8 Å². The molecule has 0 aliphatic carbocycles. The number of nitrogens with zero attached hydrogens (tertiary/aromatic N) is 3. The van der Waals surface area contributed by atoms with Crippen LogP contribution in [0.1, 0.15) is 36.3 Å². The zero-order valence-corrected chi connectivity index (χ0v) is 13.5. The lowest BCUT2D eigenvalue weighted by atomic mass is 10.3. The molecule has 0 amide bonds. The monoisotopic (exact) mass is 294 g/mol. The maximum Gasteiger partial charge on any atom is 0.203 e. The van der Waals surface area contributed by atoms with Gasteiger partial charge in [0.15, 0.2) is 0 Å². The second-order valence-electron chi connectivity index (χ2n) is 5.12. The number of imidazole rings is 1. The lowest BCUT2D eigenvalue weighted by molar-refractivity contribution is 0.190. The van der Waals surface area contributed by atoms with Gasteiger partial charge in [-0.05, 0) is 27.7 Å². The van der Waals surface area contributed by atoms with Gasteiger partial charge in [-0.1, -0.05) is 0 Å². The van der Waals surface area contributed by atoms with Gasteiger partial charge in [-0.3, -0.25) is 0 Å². The van der Waals surface area contributed by atoms with Crippen LogP contribution in [0.3, 0.4) is 0 Å². The molecule has 2 aromatic heterocycles. The molecule has 0 fully saturated rings. The average Bonchev–Trinajstić information content (AvgIpc) is 2.95. The fourth-order valence-corrected chi connectivity index (χ4v) is 2.96. The van der Waals surface area contributed by atoms with Crippen LogP contribution in [0.25, 0.3) is 0 Å². The van der Waals surface area contributed by atoms with Gasteiger partial charge < -0.3 is 14.6 Å². The minimum absolute atomic E-state index is 0.173. The molecule has 2 aromatic rings. The Labute approximate surface area is 124 Å². The second kappa shape index (κ2) is 6.37. The molecular weight excluding hydrogens is 272 g/mol. The van der Waals surface area contributed by atoms with Gasteiger partial charge in [0, 0.05) is 30.4 Å². The molecular formula is C14H22N4OS. The molecule has 0 saturated carbocycles. The topological polar surface area (TPSA) is 52.0 Å². The fraction of sp³-hybridized carbons (Fsp3) is 0.571. The molecule has 2 heterocycles. The molecule has 5 nitrogen and oxygen atoms in total. The molecule has 0 saturated heterocycles. The Balaban J connectivity index is 2.22. The Morgan fingerprint density at radius 1 is 1.30 bits per heavy atom. The molecule has 2 unspecified atom stereocenters. The first kappa shape index (κ1) is 15.0. The Hall–Kier alpha value is -1.40. The number of hydrogen-bond donors (Lipinski definition) is 1. The van der Waals surface area contributed by atoms with E-state index in [-0.39, 0.29) is 12.1 Å². The van der Waals surface area contributed by atoms with E-state index in [1.807, 2.05) is 13.8 Å². The first-order valence-corrected chi connectivity index (χ1v) is 7.62. The van der Waals surface area contributed by atoms with Crippen molar-refractivity contribution in [3.05, 3.63) is 28.0 Å². The standard InChI is InChI=1S/C14H22N4OS/c1-9-6-18(12(4)13-15-11(3)8-20-13)14(16-9)17-10(2)7-19-5/h6,8,10,12H,7H2,1-5H3,(H,16,17).